The van der Waals surface area contributed by atoms with Gasteiger partial charge in [-0.25, -0.2) is 0 Å². The van der Waals surface area contributed by atoms with Crippen molar-refractivity contribution in [1.82, 2.24) is 4.98 Å². The molecule has 0 atom stereocenters. The lowest BCUT2D eigenvalue weighted by Crippen LogP contribution is -2.03. The molecule has 3 heteroatoms. The van der Waals surface area contributed by atoms with Gasteiger partial charge >= 0.3 is 0 Å². The zero-order valence-corrected chi connectivity index (χ0v) is 9.68. The van der Waals surface area contributed by atoms with Crippen LogP contribution in [0, 0.1) is 6.92 Å². The van der Waals surface area contributed by atoms with Crippen LogP contribution in [0.5, 0.6) is 0 Å². The Bertz CT molecular complexity index is 532. The number of carbonyl (C=O) groups excluding carboxylic acids is 1. The Morgan fingerprint density at radius 2 is 1.88 bits per heavy atom. The van der Waals surface area contributed by atoms with Gasteiger partial charge in [0.15, 0.2) is 5.78 Å². The van der Waals surface area contributed by atoms with E-state index in [9.17, 15) is 4.79 Å². The summed E-state index contributed by atoms with van der Waals surface area (Å²) in [5, 5.41) is 0. The molecule has 0 radical (unpaired) electrons. The van der Waals surface area contributed by atoms with E-state index >= 15 is 0 Å². The van der Waals surface area contributed by atoms with E-state index in [2.05, 4.69) is 4.98 Å². The van der Waals surface area contributed by atoms with Gasteiger partial charge in [-0.15, -0.1) is 0 Å². The van der Waals surface area contributed by atoms with Gasteiger partial charge in [0.25, 0.3) is 0 Å². The first-order valence-corrected chi connectivity index (χ1v) is 5.46. The van der Waals surface area contributed by atoms with Crippen LogP contribution < -0.4 is 5.73 Å². The standard InChI is InChI=1S/C14H14N2O/c1-10-6-13(9-16-8-10)14(17)12-4-2-11(7-15)3-5-12/h2-6,8-9H,7,15H2,1H3. The lowest BCUT2D eigenvalue weighted by molar-refractivity contribution is 0.103. The molecule has 1 heterocycles. The molecule has 0 aliphatic carbocycles. The summed E-state index contributed by atoms with van der Waals surface area (Å²) in [5.41, 5.74) is 8.79. The van der Waals surface area contributed by atoms with E-state index in [0.717, 1.165) is 11.1 Å². The fourth-order valence-corrected chi connectivity index (χ4v) is 1.64. The lowest BCUT2D eigenvalue weighted by atomic mass is 10.0. The molecule has 17 heavy (non-hydrogen) atoms. The number of aromatic nitrogens is 1. The Labute approximate surface area is 100 Å². The van der Waals surface area contributed by atoms with Crippen molar-refractivity contribution in [2.24, 2.45) is 5.73 Å². The van der Waals surface area contributed by atoms with Crippen LogP contribution in [0.15, 0.2) is 42.7 Å². The molecule has 0 unspecified atom stereocenters. The summed E-state index contributed by atoms with van der Waals surface area (Å²) in [6.07, 6.45) is 3.32. The van der Waals surface area contributed by atoms with Crippen molar-refractivity contribution in [2.45, 2.75) is 13.5 Å². The second-order valence-corrected chi connectivity index (χ2v) is 3.98. The van der Waals surface area contributed by atoms with Gasteiger partial charge < -0.3 is 5.73 Å². The SMILES string of the molecule is Cc1cncc(C(=O)c2ccc(CN)cc2)c1. The number of benzene rings is 1. The Morgan fingerprint density at radius 1 is 1.18 bits per heavy atom. The minimum absolute atomic E-state index is 0.00947. The molecule has 0 saturated heterocycles. The summed E-state index contributed by atoms with van der Waals surface area (Å²) in [5.74, 6) is -0.00947. The van der Waals surface area contributed by atoms with Crippen molar-refractivity contribution >= 4 is 5.78 Å². The van der Waals surface area contributed by atoms with Gasteiger partial charge in [0.05, 0.1) is 0 Å². The highest BCUT2D eigenvalue weighted by Crippen LogP contribution is 2.11. The minimum atomic E-state index is -0.00947. The first kappa shape index (κ1) is 11.5. The van der Waals surface area contributed by atoms with Crippen LogP contribution in [0.25, 0.3) is 0 Å². The van der Waals surface area contributed by atoms with Gasteiger partial charge in [-0.05, 0) is 24.1 Å². The third-order valence-electron chi connectivity index (χ3n) is 2.59. The third kappa shape index (κ3) is 2.57. The van der Waals surface area contributed by atoms with Crippen LogP contribution in [0.1, 0.15) is 27.0 Å². The normalized spacial score (nSPS) is 10.2. The van der Waals surface area contributed by atoms with Crippen molar-refractivity contribution in [2.75, 3.05) is 0 Å². The molecular weight excluding hydrogens is 212 g/mol. The maximum Gasteiger partial charge on any atom is 0.194 e. The Kier molecular flexibility index (Phi) is 3.30. The maximum absolute atomic E-state index is 12.1. The molecule has 0 amide bonds. The number of carbonyl (C=O) groups is 1. The molecule has 2 aromatic rings. The van der Waals surface area contributed by atoms with E-state index in [1.165, 1.54) is 0 Å². The van der Waals surface area contributed by atoms with Crippen LogP contribution >= 0.6 is 0 Å². The first-order chi connectivity index (χ1) is 8.20. The number of nitrogens with zero attached hydrogens (tertiary/aromatic N) is 1. The predicted octanol–water partition coefficient (Wildman–Crippen LogP) is 2.08. The van der Waals surface area contributed by atoms with Crippen molar-refractivity contribution in [3.63, 3.8) is 0 Å². The average molecular weight is 226 g/mol. The molecule has 0 bridgehead atoms. The van der Waals surface area contributed by atoms with E-state index in [1.807, 2.05) is 25.1 Å². The van der Waals surface area contributed by atoms with Gasteiger partial charge in [-0.2, -0.15) is 0 Å². The molecule has 0 fully saturated rings. The van der Waals surface area contributed by atoms with Gasteiger partial charge in [0.2, 0.25) is 0 Å². The Balaban J connectivity index is 2.30. The molecule has 0 spiro atoms. The summed E-state index contributed by atoms with van der Waals surface area (Å²) in [6, 6.07) is 9.18. The largest absolute Gasteiger partial charge is 0.326 e. The Hall–Kier alpha value is -2.00. The summed E-state index contributed by atoms with van der Waals surface area (Å²) < 4.78 is 0. The highest BCUT2D eigenvalue weighted by molar-refractivity contribution is 6.08. The second-order valence-electron chi connectivity index (χ2n) is 3.98. The molecular formula is C14H14N2O. The topological polar surface area (TPSA) is 56.0 Å². The van der Waals surface area contributed by atoms with Gasteiger partial charge in [0, 0.05) is 30.1 Å². The highest BCUT2D eigenvalue weighted by atomic mass is 16.1. The molecule has 1 aromatic carbocycles. The zero-order chi connectivity index (χ0) is 12.3. The number of ketones is 1. The van der Waals surface area contributed by atoms with Gasteiger partial charge in [-0.3, -0.25) is 9.78 Å². The molecule has 1 aromatic heterocycles. The van der Waals surface area contributed by atoms with Crippen LogP contribution in [0.3, 0.4) is 0 Å². The van der Waals surface area contributed by atoms with Crippen molar-refractivity contribution in [3.05, 3.63) is 65.0 Å². The van der Waals surface area contributed by atoms with Crippen molar-refractivity contribution in [1.29, 1.82) is 0 Å². The molecule has 86 valence electrons. The van der Waals surface area contributed by atoms with Gasteiger partial charge in [0.1, 0.15) is 0 Å². The fraction of sp³-hybridized carbons (Fsp3) is 0.143. The van der Waals surface area contributed by atoms with Crippen LogP contribution in [0.4, 0.5) is 0 Å². The number of hydrogen-bond donors (Lipinski definition) is 1. The quantitative estimate of drug-likeness (QED) is 0.815. The summed E-state index contributed by atoms with van der Waals surface area (Å²) in [7, 11) is 0. The third-order valence-corrected chi connectivity index (χ3v) is 2.59. The fourth-order valence-electron chi connectivity index (χ4n) is 1.64. The number of aryl methyl sites for hydroxylation is 1. The van der Waals surface area contributed by atoms with Crippen LogP contribution in [-0.4, -0.2) is 10.8 Å². The second kappa shape index (κ2) is 4.89. The number of rotatable bonds is 3. The molecule has 2 rings (SSSR count). The van der Waals surface area contributed by atoms with Crippen LogP contribution in [0.2, 0.25) is 0 Å². The molecule has 3 nitrogen and oxygen atoms in total. The lowest BCUT2D eigenvalue weighted by Gasteiger charge is -2.03. The van der Waals surface area contributed by atoms with E-state index in [0.29, 0.717) is 17.7 Å². The minimum Gasteiger partial charge on any atom is -0.326 e. The maximum atomic E-state index is 12.1. The van der Waals surface area contributed by atoms with E-state index in [-0.39, 0.29) is 5.78 Å². The van der Waals surface area contributed by atoms with E-state index < -0.39 is 0 Å². The van der Waals surface area contributed by atoms with E-state index in [4.69, 9.17) is 5.73 Å². The van der Waals surface area contributed by atoms with Crippen molar-refractivity contribution in [3.8, 4) is 0 Å². The average Bonchev–Trinajstić information content (AvgIpc) is 2.38. The van der Waals surface area contributed by atoms with Crippen molar-refractivity contribution < 1.29 is 4.79 Å². The molecule has 2 N–H and O–H groups in total. The summed E-state index contributed by atoms with van der Waals surface area (Å²) in [4.78, 5) is 16.2. The number of nitrogens with two attached hydrogens (primary N) is 1. The Morgan fingerprint density at radius 3 is 2.47 bits per heavy atom. The molecule has 0 aliphatic rings. The van der Waals surface area contributed by atoms with Gasteiger partial charge in [-0.1, -0.05) is 24.3 Å². The van der Waals surface area contributed by atoms with Crippen LogP contribution in [-0.2, 0) is 6.54 Å². The molecule has 0 aliphatic heterocycles. The zero-order valence-electron chi connectivity index (χ0n) is 9.68. The summed E-state index contributed by atoms with van der Waals surface area (Å²) in [6.45, 7) is 2.40. The summed E-state index contributed by atoms with van der Waals surface area (Å²) >= 11 is 0. The number of pyridine rings is 1. The van der Waals surface area contributed by atoms with E-state index in [1.54, 1.807) is 24.5 Å². The highest BCUT2D eigenvalue weighted by Gasteiger charge is 2.09. The predicted molar refractivity (Wildman–Crippen MR) is 66.7 cm³/mol. The smallest absolute Gasteiger partial charge is 0.194 e. The molecule has 0 saturated carbocycles. The monoisotopic (exact) mass is 226 g/mol. The number of hydrogen-bond acceptors (Lipinski definition) is 3. The first-order valence-electron chi connectivity index (χ1n) is 5.46.